The first-order valence-electron chi connectivity index (χ1n) is 6.76. The number of nitrogens with one attached hydrogen (secondary N) is 1. The molecule has 0 bridgehead atoms. The van der Waals surface area contributed by atoms with Crippen LogP contribution in [0.15, 0.2) is 54.6 Å². The maximum Gasteiger partial charge on any atom is 0.404 e. The Morgan fingerprint density at radius 1 is 1.14 bits per heavy atom. The second kappa shape index (κ2) is 7.19. The molecule has 0 aliphatic heterocycles. The van der Waals surface area contributed by atoms with E-state index >= 15 is 0 Å². The summed E-state index contributed by atoms with van der Waals surface area (Å²) in [7, 11) is 0. The van der Waals surface area contributed by atoms with Gasteiger partial charge in [-0.25, -0.2) is 4.79 Å². The van der Waals surface area contributed by atoms with Gasteiger partial charge in [0.15, 0.2) is 0 Å². The van der Waals surface area contributed by atoms with Crippen LogP contribution in [0, 0.1) is 0 Å². The van der Waals surface area contributed by atoms with E-state index in [2.05, 4.69) is 10.2 Å². The third-order valence-electron chi connectivity index (χ3n) is 3.11. The van der Waals surface area contributed by atoms with Gasteiger partial charge in [0, 0.05) is 31.0 Å². The molecular formula is C16H19N3O2. The largest absolute Gasteiger partial charge is 0.465 e. The number of hydrogen-bond donors (Lipinski definition) is 3. The molecular weight excluding hydrogens is 266 g/mol. The van der Waals surface area contributed by atoms with Crippen molar-refractivity contribution in [1.82, 2.24) is 5.32 Å². The van der Waals surface area contributed by atoms with Gasteiger partial charge in [-0.05, 0) is 23.8 Å². The minimum absolute atomic E-state index is 0.358. The first-order chi connectivity index (χ1) is 10.1. The monoisotopic (exact) mass is 285 g/mol. The van der Waals surface area contributed by atoms with Crippen LogP contribution in [0.2, 0.25) is 0 Å². The van der Waals surface area contributed by atoms with Crippen LogP contribution in [-0.2, 0) is 6.54 Å². The topological polar surface area (TPSA) is 78.6 Å². The van der Waals surface area contributed by atoms with E-state index in [1.807, 2.05) is 54.6 Å². The highest BCUT2D eigenvalue weighted by molar-refractivity contribution is 5.64. The Morgan fingerprint density at radius 2 is 1.90 bits per heavy atom. The molecule has 0 saturated heterocycles. The van der Waals surface area contributed by atoms with Gasteiger partial charge in [-0.3, -0.25) is 0 Å². The molecule has 110 valence electrons. The summed E-state index contributed by atoms with van der Waals surface area (Å²) in [5.74, 6) is 0. The molecule has 0 aliphatic carbocycles. The van der Waals surface area contributed by atoms with Crippen molar-refractivity contribution in [2.45, 2.75) is 6.54 Å². The van der Waals surface area contributed by atoms with E-state index in [1.54, 1.807) is 0 Å². The lowest BCUT2D eigenvalue weighted by Gasteiger charge is -2.25. The SMILES string of the molecule is Nc1cccc(N(CCNC(=O)O)Cc2ccccc2)c1. The van der Waals surface area contributed by atoms with Gasteiger partial charge in [-0.1, -0.05) is 36.4 Å². The van der Waals surface area contributed by atoms with E-state index in [0.717, 1.165) is 11.3 Å². The van der Waals surface area contributed by atoms with Crippen molar-refractivity contribution in [1.29, 1.82) is 0 Å². The summed E-state index contributed by atoms with van der Waals surface area (Å²) in [6.07, 6.45) is -1.01. The Kier molecular flexibility index (Phi) is 5.04. The predicted molar refractivity (Wildman–Crippen MR) is 84.4 cm³/mol. The highest BCUT2D eigenvalue weighted by Crippen LogP contribution is 2.19. The molecule has 0 heterocycles. The molecule has 21 heavy (non-hydrogen) atoms. The molecule has 0 aliphatic rings. The van der Waals surface area contributed by atoms with E-state index in [9.17, 15) is 4.79 Å². The normalized spacial score (nSPS) is 10.1. The lowest BCUT2D eigenvalue weighted by Crippen LogP contribution is -2.34. The van der Waals surface area contributed by atoms with Crippen molar-refractivity contribution in [2.75, 3.05) is 23.7 Å². The number of nitrogen functional groups attached to an aromatic ring is 1. The van der Waals surface area contributed by atoms with Gasteiger partial charge in [0.05, 0.1) is 0 Å². The van der Waals surface area contributed by atoms with Crippen LogP contribution in [0.25, 0.3) is 0 Å². The number of carbonyl (C=O) groups is 1. The quantitative estimate of drug-likeness (QED) is 0.713. The van der Waals surface area contributed by atoms with E-state index in [-0.39, 0.29) is 0 Å². The third kappa shape index (κ3) is 4.72. The van der Waals surface area contributed by atoms with Gasteiger partial charge < -0.3 is 21.1 Å². The number of nitrogens with zero attached hydrogens (tertiary/aromatic N) is 1. The van der Waals surface area contributed by atoms with Crippen LogP contribution in [0.3, 0.4) is 0 Å². The van der Waals surface area contributed by atoms with Crippen molar-refractivity contribution in [2.24, 2.45) is 0 Å². The molecule has 4 N–H and O–H groups in total. The minimum atomic E-state index is -1.01. The molecule has 5 heteroatoms. The van der Waals surface area contributed by atoms with Crippen LogP contribution in [-0.4, -0.2) is 24.3 Å². The Bertz CT molecular complexity index is 587. The predicted octanol–water partition coefficient (Wildman–Crippen LogP) is 2.54. The molecule has 1 amide bonds. The Morgan fingerprint density at radius 3 is 2.57 bits per heavy atom. The molecule has 0 saturated carbocycles. The van der Waals surface area contributed by atoms with Crippen molar-refractivity contribution in [3.63, 3.8) is 0 Å². The molecule has 0 unspecified atom stereocenters. The molecule has 0 aromatic heterocycles. The van der Waals surface area contributed by atoms with Crippen LogP contribution in [0.1, 0.15) is 5.56 Å². The van der Waals surface area contributed by atoms with E-state index in [4.69, 9.17) is 10.8 Å². The fraction of sp³-hybridized carbons (Fsp3) is 0.188. The lowest BCUT2D eigenvalue weighted by molar-refractivity contribution is 0.194. The summed E-state index contributed by atoms with van der Waals surface area (Å²) < 4.78 is 0. The van der Waals surface area contributed by atoms with Crippen LogP contribution in [0.4, 0.5) is 16.2 Å². The van der Waals surface area contributed by atoms with Crippen molar-refractivity contribution >= 4 is 17.5 Å². The van der Waals surface area contributed by atoms with Gasteiger partial charge in [0.25, 0.3) is 0 Å². The Labute approximate surface area is 124 Å². The molecule has 0 radical (unpaired) electrons. The molecule has 0 atom stereocenters. The van der Waals surface area contributed by atoms with Gasteiger partial charge in [-0.15, -0.1) is 0 Å². The van der Waals surface area contributed by atoms with E-state index in [1.165, 1.54) is 0 Å². The second-order valence-electron chi connectivity index (χ2n) is 4.73. The average molecular weight is 285 g/mol. The number of rotatable bonds is 6. The zero-order chi connectivity index (χ0) is 15.1. The molecule has 2 rings (SSSR count). The van der Waals surface area contributed by atoms with Gasteiger partial charge in [0.1, 0.15) is 0 Å². The first-order valence-corrected chi connectivity index (χ1v) is 6.76. The standard InChI is InChI=1S/C16H19N3O2/c17-14-7-4-8-15(11-14)19(10-9-18-16(20)21)12-13-5-2-1-3-6-13/h1-8,11,18H,9-10,12,17H2,(H,20,21). The summed E-state index contributed by atoms with van der Waals surface area (Å²) in [4.78, 5) is 12.7. The van der Waals surface area contributed by atoms with Crippen LogP contribution in [0.5, 0.6) is 0 Å². The van der Waals surface area contributed by atoms with Crippen LogP contribution >= 0.6 is 0 Å². The zero-order valence-electron chi connectivity index (χ0n) is 11.7. The number of anilines is 2. The van der Waals surface area contributed by atoms with E-state index in [0.29, 0.717) is 25.3 Å². The first kappa shape index (κ1) is 14.7. The molecule has 5 nitrogen and oxygen atoms in total. The second-order valence-corrected chi connectivity index (χ2v) is 4.73. The van der Waals surface area contributed by atoms with Crippen LogP contribution < -0.4 is 16.0 Å². The molecule has 0 fully saturated rings. The maximum absolute atomic E-state index is 10.6. The number of carboxylic acid groups (broad SMARTS) is 1. The zero-order valence-corrected chi connectivity index (χ0v) is 11.7. The Hall–Kier alpha value is -2.69. The maximum atomic E-state index is 10.6. The number of hydrogen-bond acceptors (Lipinski definition) is 3. The highest BCUT2D eigenvalue weighted by atomic mass is 16.4. The summed E-state index contributed by atoms with van der Waals surface area (Å²) in [5, 5.41) is 11.1. The van der Waals surface area contributed by atoms with Crippen molar-refractivity contribution in [3.05, 3.63) is 60.2 Å². The number of benzene rings is 2. The van der Waals surface area contributed by atoms with Gasteiger partial charge in [0.2, 0.25) is 0 Å². The fourth-order valence-corrected chi connectivity index (χ4v) is 2.12. The van der Waals surface area contributed by atoms with Gasteiger partial charge in [-0.2, -0.15) is 0 Å². The average Bonchev–Trinajstić information content (AvgIpc) is 2.47. The third-order valence-corrected chi connectivity index (χ3v) is 3.11. The fourth-order valence-electron chi connectivity index (χ4n) is 2.12. The summed E-state index contributed by atoms with van der Waals surface area (Å²) in [6, 6.07) is 17.6. The number of nitrogens with two attached hydrogens (primary N) is 1. The molecule has 2 aromatic rings. The molecule has 2 aromatic carbocycles. The number of amides is 1. The molecule has 0 spiro atoms. The van der Waals surface area contributed by atoms with Crippen molar-refractivity contribution in [3.8, 4) is 0 Å². The summed E-state index contributed by atoms with van der Waals surface area (Å²) >= 11 is 0. The summed E-state index contributed by atoms with van der Waals surface area (Å²) in [5.41, 5.74) is 8.66. The minimum Gasteiger partial charge on any atom is -0.465 e. The summed E-state index contributed by atoms with van der Waals surface area (Å²) in [6.45, 7) is 1.63. The lowest BCUT2D eigenvalue weighted by atomic mass is 10.2. The van der Waals surface area contributed by atoms with E-state index < -0.39 is 6.09 Å². The van der Waals surface area contributed by atoms with Gasteiger partial charge >= 0.3 is 6.09 Å². The Balaban J connectivity index is 2.11. The highest BCUT2D eigenvalue weighted by Gasteiger charge is 2.08. The van der Waals surface area contributed by atoms with Crippen molar-refractivity contribution < 1.29 is 9.90 Å². The smallest absolute Gasteiger partial charge is 0.404 e.